The second kappa shape index (κ2) is 13.1. The normalized spacial score (nSPS) is 14.2. The third-order valence-electron chi connectivity index (χ3n) is 4.96. The maximum atomic E-state index is 14.6. The zero-order valence-corrected chi connectivity index (χ0v) is 20.9. The van der Waals surface area contributed by atoms with E-state index in [1.807, 2.05) is 23.3 Å². The summed E-state index contributed by atoms with van der Waals surface area (Å²) in [6, 6.07) is 10.1. The predicted octanol–water partition coefficient (Wildman–Crippen LogP) is 4.15. The predicted molar refractivity (Wildman–Crippen MR) is 136 cm³/mol. The lowest BCUT2D eigenvalue weighted by atomic mass is 10.1. The van der Waals surface area contributed by atoms with Gasteiger partial charge in [-0.05, 0) is 47.2 Å². The maximum absolute atomic E-state index is 14.6. The first-order valence-electron chi connectivity index (χ1n) is 9.92. The number of halogens is 3. The van der Waals surface area contributed by atoms with Crippen molar-refractivity contribution < 1.29 is 13.5 Å². The number of hydrogen-bond donors (Lipinski definition) is 2. The van der Waals surface area contributed by atoms with E-state index in [1.54, 1.807) is 37.0 Å². The Labute approximate surface area is 204 Å². The molecule has 0 aromatic heterocycles. The molecule has 31 heavy (non-hydrogen) atoms. The van der Waals surface area contributed by atoms with Gasteiger partial charge in [0.15, 0.2) is 5.96 Å². The van der Waals surface area contributed by atoms with Crippen molar-refractivity contribution in [3.05, 3.63) is 64.7 Å². The zero-order valence-electron chi connectivity index (χ0n) is 17.8. The molecule has 0 spiro atoms. The third-order valence-corrected chi connectivity index (χ3v) is 5.56. The molecule has 9 heteroatoms. The van der Waals surface area contributed by atoms with Crippen molar-refractivity contribution >= 4 is 47.4 Å². The van der Waals surface area contributed by atoms with Crippen LogP contribution in [0.3, 0.4) is 0 Å². The molecule has 3 rings (SSSR count). The molecular weight excluding hydrogens is 533 g/mol. The average Bonchev–Trinajstić information content (AvgIpc) is 2.76. The monoisotopic (exact) mass is 562 g/mol. The van der Waals surface area contributed by atoms with E-state index in [1.165, 1.54) is 6.07 Å². The maximum Gasteiger partial charge on any atom is 0.191 e. The van der Waals surface area contributed by atoms with Crippen molar-refractivity contribution in [2.24, 2.45) is 4.99 Å². The first-order chi connectivity index (χ1) is 14.6. The Hall–Kier alpha value is -1.59. The van der Waals surface area contributed by atoms with Crippen LogP contribution in [0.4, 0.5) is 14.5 Å². The van der Waals surface area contributed by atoms with Crippen molar-refractivity contribution in [3.8, 4) is 0 Å². The van der Waals surface area contributed by atoms with Gasteiger partial charge >= 0.3 is 0 Å². The van der Waals surface area contributed by atoms with Crippen LogP contribution in [0.25, 0.3) is 0 Å². The zero-order chi connectivity index (χ0) is 21.3. The summed E-state index contributed by atoms with van der Waals surface area (Å²) in [6.07, 6.45) is 1.99. The van der Waals surface area contributed by atoms with E-state index < -0.39 is 0 Å². The van der Waals surface area contributed by atoms with Gasteiger partial charge in [0.05, 0.1) is 18.9 Å². The highest BCUT2D eigenvalue weighted by molar-refractivity contribution is 14.0. The van der Waals surface area contributed by atoms with Gasteiger partial charge in [0.25, 0.3) is 0 Å². The molecule has 0 radical (unpaired) electrons. The molecule has 0 aliphatic carbocycles. The van der Waals surface area contributed by atoms with Crippen molar-refractivity contribution in [2.45, 2.75) is 18.8 Å². The standard InChI is InChI=1S/C22H28F2N4OS.HI/c1-25-22(27-14-17-4-5-19(23)12-18(17)15-30-2)26-13-16-3-6-21(20(24)11-16)28-7-9-29-10-8-28;/h3-6,11-12H,7-10,13-15H2,1-2H3,(H2,25,26,27);1H. The summed E-state index contributed by atoms with van der Waals surface area (Å²) in [7, 11) is 1.69. The number of morpholine rings is 1. The van der Waals surface area contributed by atoms with Crippen LogP contribution in [0, 0.1) is 11.6 Å². The Morgan fingerprint density at radius 2 is 1.81 bits per heavy atom. The van der Waals surface area contributed by atoms with Gasteiger partial charge in [-0.25, -0.2) is 8.78 Å². The van der Waals surface area contributed by atoms with Crippen LogP contribution in [-0.4, -0.2) is 45.6 Å². The highest BCUT2D eigenvalue weighted by Crippen LogP contribution is 2.21. The molecule has 170 valence electrons. The van der Waals surface area contributed by atoms with Crippen LogP contribution in [0.1, 0.15) is 16.7 Å². The Kier molecular flexibility index (Phi) is 10.8. The third kappa shape index (κ3) is 7.50. The molecular formula is C22H29F2IN4OS. The number of nitrogens with zero attached hydrogens (tertiary/aromatic N) is 2. The van der Waals surface area contributed by atoms with Crippen molar-refractivity contribution in [1.82, 2.24) is 10.6 Å². The highest BCUT2D eigenvalue weighted by atomic mass is 127. The number of aliphatic imine (C=N–C) groups is 1. The van der Waals surface area contributed by atoms with Crippen LogP contribution >= 0.6 is 35.7 Å². The van der Waals surface area contributed by atoms with Gasteiger partial charge in [0.2, 0.25) is 0 Å². The molecule has 5 nitrogen and oxygen atoms in total. The second-order valence-corrected chi connectivity index (χ2v) is 7.88. The molecule has 1 fully saturated rings. The minimum Gasteiger partial charge on any atom is -0.378 e. The number of guanidine groups is 1. The molecule has 0 amide bonds. The lowest BCUT2D eigenvalue weighted by Crippen LogP contribution is -2.37. The highest BCUT2D eigenvalue weighted by Gasteiger charge is 2.15. The van der Waals surface area contributed by atoms with E-state index in [2.05, 4.69) is 15.6 Å². The average molecular weight is 562 g/mol. The molecule has 2 N–H and O–H groups in total. The number of anilines is 1. The molecule has 2 aromatic rings. The minimum atomic E-state index is -0.229. The quantitative estimate of drug-likeness (QED) is 0.302. The second-order valence-electron chi connectivity index (χ2n) is 7.01. The van der Waals surface area contributed by atoms with Gasteiger partial charge in [-0.1, -0.05) is 12.1 Å². The van der Waals surface area contributed by atoms with E-state index in [4.69, 9.17) is 4.74 Å². The van der Waals surface area contributed by atoms with Gasteiger partial charge in [0.1, 0.15) is 11.6 Å². The summed E-state index contributed by atoms with van der Waals surface area (Å²) in [6.45, 7) is 3.62. The first-order valence-corrected chi connectivity index (χ1v) is 11.3. The molecule has 0 bridgehead atoms. The van der Waals surface area contributed by atoms with E-state index in [-0.39, 0.29) is 35.6 Å². The molecule has 2 aromatic carbocycles. The topological polar surface area (TPSA) is 48.9 Å². The van der Waals surface area contributed by atoms with Gasteiger partial charge in [-0.15, -0.1) is 24.0 Å². The van der Waals surface area contributed by atoms with E-state index in [9.17, 15) is 8.78 Å². The first kappa shape index (κ1) is 25.7. The summed E-state index contributed by atoms with van der Waals surface area (Å²) in [4.78, 5) is 6.23. The van der Waals surface area contributed by atoms with E-state index in [0.717, 1.165) is 22.4 Å². The van der Waals surface area contributed by atoms with Gasteiger partial charge < -0.3 is 20.3 Å². The fraction of sp³-hybridized carbons (Fsp3) is 0.409. The fourth-order valence-electron chi connectivity index (χ4n) is 3.36. The fourth-order valence-corrected chi connectivity index (χ4v) is 3.94. The number of thioether (sulfide) groups is 1. The SMILES string of the molecule is CN=C(NCc1ccc(N2CCOCC2)c(F)c1)NCc1ccc(F)cc1CSC.I. The molecule has 1 saturated heterocycles. The number of nitrogens with one attached hydrogen (secondary N) is 2. The lowest BCUT2D eigenvalue weighted by molar-refractivity contribution is 0.122. The van der Waals surface area contributed by atoms with Gasteiger partial charge in [-0.2, -0.15) is 11.8 Å². The summed E-state index contributed by atoms with van der Waals surface area (Å²) in [5.74, 6) is 0.891. The lowest BCUT2D eigenvalue weighted by Gasteiger charge is -2.29. The van der Waals surface area contributed by atoms with Crippen molar-refractivity contribution in [1.29, 1.82) is 0 Å². The largest absolute Gasteiger partial charge is 0.378 e. The smallest absolute Gasteiger partial charge is 0.191 e. The van der Waals surface area contributed by atoms with E-state index >= 15 is 0 Å². The summed E-state index contributed by atoms with van der Waals surface area (Å²) in [5, 5.41) is 6.45. The molecule has 1 heterocycles. The van der Waals surface area contributed by atoms with Crippen molar-refractivity contribution in [3.63, 3.8) is 0 Å². The van der Waals surface area contributed by atoms with Gasteiger partial charge in [-0.3, -0.25) is 4.99 Å². The molecule has 1 aliphatic heterocycles. The van der Waals surface area contributed by atoms with Crippen LogP contribution in [0.5, 0.6) is 0 Å². The minimum absolute atomic E-state index is 0. The Balaban J connectivity index is 0.00000341. The van der Waals surface area contributed by atoms with Crippen LogP contribution in [-0.2, 0) is 23.6 Å². The molecule has 1 aliphatic rings. The number of hydrogen-bond acceptors (Lipinski definition) is 4. The van der Waals surface area contributed by atoms with Crippen LogP contribution in [0.15, 0.2) is 41.4 Å². The molecule has 0 unspecified atom stereocenters. The Morgan fingerprint density at radius 3 is 2.48 bits per heavy atom. The van der Waals surface area contributed by atoms with Crippen molar-refractivity contribution in [2.75, 3.05) is 44.5 Å². The van der Waals surface area contributed by atoms with Crippen LogP contribution in [0.2, 0.25) is 0 Å². The number of benzene rings is 2. The van der Waals surface area contributed by atoms with E-state index in [0.29, 0.717) is 51.0 Å². The Bertz CT molecular complexity index is 879. The summed E-state index contributed by atoms with van der Waals surface area (Å²) >= 11 is 1.65. The molecule has 0 atom stereocenters. The summed E-state index contributed by atoms with van der Waals surface area (Å²) in [5.41, 5.74) is 3.43. The summed E-state index contributed by atoms with van der Waals surface area (Å²) < 4.78 is 33.4. The molecule has 0 saturated carbocycles. The Morgan fingerprint density at radius 1 is 1.06 bits per heavy atom. The number of ether oxygens (including phenoxy) is 1. The number of rotatable bonds is 7. The van der Waals surface area contributed by atoms with Gasteiger partial charge in [0, 0.05) is 39.0 Å². The van der Waals surface area contributed by atoms with Crippen LogP contribution < -0.4 is 15.5 Å².